The van der Waals surface area contributed by atoms with Crippen molar-refractivity contribution in [2.45, 2.75) is 19.9 Å². The standard InChI is InChI=1S/C12H16N4OS/c1-7(2)11(13)12(17)14-10-6-8(15-16-10)9-4-3-5-18-9/h3-7,11H,13H2,1-2H3,(H2,14,15,16,17)/t11-/m0/s1. The Morgan fingerprint density at radius 2 is 2.33 bits per heavy atom. The molecule has 0 aromatic carbocycles. The van der Waals surface area contributed by atoms with Gasteiger partial charge in [0.2, 0.25) is 5.91 Å². The van der Waals surface area contributed by atoms with E-state index in [1.807, 2.05) is 31.4 Å². The average molecular weight is 264 g/mol. The number of hydrogen-bond donors (Lipinski definition) is 3. The number of nitrogens with one attached hydrogen (secondary N) is 2. The van der Waals surface area contributed by atoms with Crippen LogP contribution in [-0.4, -0.2) is 22.1 Å². The minimum absolute atomic E-state index is 0.0979. The van der Waals surface area contributed by atoms with Crippen molar-refractivity contribution in [1.82, 2.24) is 10.2 Å². The van der Waals surface area contributed by atoms with E-state index in [4.69, 9.17) is 5.73 Å². The normalized spacial score (nSPS) is 12.7. The summed E-state index contributed by atoms with van der Waals surface area (Å²) >= 11 is 1.61. The summed E-state index contributed by atoms with van der Waals surface area (Å²) in [4.78, 5) is 12.8. The van der Waals surface area contributed by atoms with Crippen molar-refractivity contribution in [2.24, 2.45) is 11.7 Å². The third-order valence-electron chi connectivity index (χ3n) is 2.64. The molecule has 2 rings (SSSR count). The van der Waals surface area contributed by atoms with Crippen LogP contribution in [0.2, 0.25) is 0 Å². The maximum absolute atomic E-state index is 11.8. The lowest BCUT2D eigenvalue weighted by molar-refractivity contribution is -0.118. The van der Waals surface area contributed by atoms with E-state index in [9.17, 15) is 4.79 Å². The number of H-pyrrole nitrogens is 1. The first kappa shape index (κ1) is 12.8. The summed E-state index contributed by atoms with van der Waals surface area (Å²) in [5, 5.41) is 11.6. The Hall–Kier alpha value is -1.66. The van der Waals surface area contributed by atoms with Gasteiger partial charge in [-0.05, 0) is 17.4 Å². The SMILES string of the molecule is CC(C)[C@H](N)C(=O)Nc1cc(-c2cccs2)[nH]n1. The molecule has 96 valence electrons. The van der Waals surface area contributed by atoms with E-state index in [0.29, 0.717) is 5.82 Å². The number of aromatic nitrogens is 2. The summed E-state index contributed by atoms with van der Waals surface area (Å²) in [7, 11) is 0. The van der Waals surface area contributed by atoms with Gasteiger partial charge in [0.1, 0.15) is 0 Å². The molecule has 1 atom stereocenters. The summed E-state index contributed by atoms with van der Waals surface area (Å²) < 4.78 is 0. The van der Waals surface area contributed by atoms with Gasteiger partial charge in [0.15, 0.2) is 5.82 Å². The molecule has 2 heterocycles. The van der Waals surface area contributed by atoms with Crippen LogP contribution in [-0.2, 0) is 4.79 Å². The van der Waals surface area contributed by atoms with Crippen LogP contribution in [0.5, 0.6) is 0 Å². The molecule has 0 saturated carbocycles. The van der Waals surface area contributed by atoms with Crippen LogP contribution >= 0.6 is 11.3 Å². The molecule has 0 aliphatic carbocycles. The average Bonchev–Trinajstić information content (AvgIpc) is 2.96. The largest absolute Gasteiger partial charge is 0.320 e. The summed E-state index contributed by atoms with van der Waals surface area (Å²) in [6.07, 6.45) is 0. The molecular weight excluding hydrogens is 248 g/mol. The molecule has 2 aromatic rings. The lowest BCUT2D eigenvalue weighted by Crippen LogP contribution is -2.39. The molecule has 6 heteroatoms. The highest BCUT2D eigenvalue weighted by Gasteiger charge is 2.18. The summed E-state index contributed by atoms with van der Waals surface area (Å²) in [5.74, 6) is 0.384. The van der Waals surface area contributed by atoms with Crippen LogP contribution in [0, 0.1) is 5.92 Å². The number of hydrogen-bond acceptors (Lipinski definition) is 4. The number of rotatable bonds is 4. The van der Waals surface area contributed by atoms with Gasteiger partial charge in [0.25, 0.3) is 0 Å². The first-order valence-electron chi connectivity index (χ1n) is 5.73. The number of nitrogens with zero attached hydrogens (tertiary/aromatic N) is 1. The van der Waals surface area contributed by atoms with Crippen LogP contribution in [0.4, 0.5) is 5.82 Å². The quantitative estimate of drug-likeness (QED) is 0.790. The Morgan fingerprint density at radius 1 is 1.56 bits per heavy atom. The Kier molecular flexibility index (Phi) is 3.78. The Morgan fingerprint density at radius 3 is 2.94 bits per heavy atom. The van der Waals surface area contributed by atoms with Crippen molar-refractivity contribution >= 4 is 23.1 Å². The van der Waals surface area contributed by atoms with Crippen molar-refractivity contribution in [3.63, 3.8) is 0 Å². The number of carbonyl (C=O) groups excluding carboxylic acids is 1. The lowest BCUT2D eigenvalue weighted by atomic mass is 10.1. The van der Waals surface area contributed by atoms with Gasteiger partial charge in [-0.2, -0.15) is 5.10 Å². The molecule has 0 unspecified atom stereocenters. The van der Waals surface area contributed by atoms with Crippen LogP contribution in [0.25, 0.3) is 10.6 Å². The zero-order valence-electron chi connectivity index (χ0n) is 10.3. The highest BCUT2D eigenvalue weighted by molar-refractivity contribution is 7.13. The van der Waals surface area contributed by atoms with E-state index in [1.165, 1.54) is 0 Å². The van der Waals surface area contributed by atoms with Gasteiger partial charge >= 0.3 is 0 Å². The molecule has 0 saturated heterocycles. The van der Waals surface area contributed by atoms with Crippen molar-refractivity contribution in [3.8, 4) is 10.6 Å². The number of carbonyl (C=O) groups is 1. The van der Waals surface area contributed by atoms with Gasteiger partial charge in [-0.25, -0.2) is 0 Å². The van der Waals surface area contributed by atoms with Crippen LogP contribution in [0.1, 0.15) is 13.8 Å². The molecule has 0 aliphatic rings. The minimum Gasteiger partial charge on any atom is -0.320 e. The second-order valence-electron chi connectivity index (χ2n) is 4.40. The fourth-order valence-electron chi connectivity index (χ4n) is 1.46. The summed E-state index contributed by atoms with van der Waals surface area (Å²) in [5.41, 5.74) is 6.65. The summed E-state index contributed by atoms with van der Waals surface area (Å²) in [6, 6.07) is 5.24. The van der Waals surface area contributed by atoms with Crippen molar-refractivity contribution < 1.29 is 4.79 Å². The molecule has 0 spiro atoms. The van der Waals surface area contributed by atoms with E-state index < -0.39 is 6.04 Å². The predicted octanol–water partition coefficient (Wildman–Crippen LogP) is 2.06. The monoisotopic (exact) mass is 264 g/mol. The van der Waals surface area contributed by atoms with E-state index in [1.54, 1.807) is 17.4 Å². The predicted molar refractivity (Wildman–Crippen MR) is 73.3 cm³/mol. The molecule has 2 aromatic heterocycles. The lowest BCUT2D eigenvalue weighted by Gasteiger charge is -2.13. The number of amides is 1. The topological polar surface area (TPSA) is 83.8 Å². The third-order valence-corrected chi connectivity index (χ3v) is 3.54. The molecular formula is C12H16N4OS. The molecule has 0 aliphatic heterocycles. The number of thiophene rings is 1. The molecule has 0 bridgehead atoms. The van der Waals surface area contributed by atoms with Gasteiger partial charge in [-0.1, -0.05) is 19.9 Å². The third kappa shape index (κ3) is 2.77. The van der Waals surface area contributed by atoms with E-state index in [0.717, 1.165) is 10.6 Å². The molecule has 1 amide bonds. The maximum Gasteiger partial charge on any atom is 0.242 e. The molecule has 4 N–H and O–H groups in total. The number of anilines is 1. The van der Waals surface area contributed by atoms with Gasteiger partial charge in [-0.3, -0.25) is 9.89 Å². The maximum atomic E-state index is 11.8. The first-order valence-corrected chi connectivity index (χ1v) is 6.61. The fraction of sp³-hybridized carbons (Fsp3) is 0.333. The van der Waals surface area contributed by atoms with E-state index in [2.05, 4.69) is 15.5 Å². The van der Waals surface area contributed by atoms with Gasteiger partial charge in [0, 0.05) is 6.07 Å². The fourth-order valence-corrected chi connectivity index (χ4v) is 2.15. The molecule has 0 fully saturated rings. The number of nitrogens with two attached hydrogens (primary N) is 1. The summed E-state index contributed by atoms with van der Waals surface area (Å²) in [6.45, 7) is 3.82. The zero-order valence-corrected chi connectivity index (χ0v) is 11.1. The Balaban J connectivity index is 2.05. The van der Waals surface area contributed by atoms with Crippen molar-refractivity contribution in [1.29, 1.82) is 0 Å². The van der Waals surface area contributed by atoms with Crippen LogP contribution in [0.15, 0.2) is 23.6 Å². The second kappa shape index (κ2) is 5.32. The molecule has 18 heavy (non-hydrogen) atoms. The van der Waals surface area contributed by atoms with Gasteiger partial charge in [0.05, 0.1) is 16.6 Å². The zero-order chi connectivity index (χ0) is 13.1. The minimum atomic E-state index is -0.521. The van der Waals surface area contributed by atoms with Crippen molar-refractivity contribution in [2.75, 3.05) is 5.32 Å². The van der Waals surface area contributed by atoms with Gasteiger partial charge in [-0.15, -0.1) is 11.3 Å². The Labute approximate surface area is 109 Å². The Bertz CT molecular complexity index is 518. The molecule has 5 nitrogen and oxygen atoms in total. The number of aromatic amines is 1. The van der Waals surface area contributed by atoms with Gasteiger partial charge < -0.3 is 11.1 Å². The molecule has 0 radical (unpaired) electrons. The second-order valence-corrected chi connectivity index (χ2v) is 5.35. The van der Waals surface area contributed by atoms with Crippen molar-refractivity contribution in [3.05, 3.63) is 23.6 Å². The first-order chi connectivity index (χ1) is 8.58. The van der Waals surface area contributed by atoms with Crippen LogP contribution in [0.3, 0.4) is 0 Å². The highest BCUT2D eigenvalue weighted by Crippen LogP contribution is 2.24. The van der Waals surface area contributed by atoms with E-state index >= 15 is 0 Å². The highest BCUT2D eigenvalue weighted by atomic mass is 32.1. The van der Waals surface area contributed by atoms with Crippen LogP contribution < -0.4 is 11.1 Å². The van der Waals surface area contributed by atoms with E-state index in [-0.39, 0.29) is 11.8 Å². The smallest absolute Gasteiger partial charge is 0.242 e.